The summed E-state index contributed by atoms with van der Waals surface area (Å²) in [7, 11) is 0. The fourth-order valence-electron chi connectivity index (χ4n) is 4.30. The van der Waals surface area contributed by atoms with Crippen molar-refractivity contribution in [1.82, 2.24) is 10.2 Å². The summed E-state index contributed by atoms with van der Waals surface area (Å²) in [5.74, 6) is 0. The topological polar surface area (TPSA) is 15.3 Å². The summed E-state index contributed by atoms with van der Waals surface area (Å²) in [6.45, 7) is 10.9. The fourth-order valence-corrected chi connectivity index (χ4v) is 4.30. The lowest BCUT2D eigenvalue weighted by molar-refractivity contribution is 0.0107. The van der Waals surface area contributed by atoms with E-state index in [0.29, 0.717) is 11.1 Å². The molecule has 1 aliphatic heterocycles. The van der Waals surface area contributed by atoms with Gasteiger partial charge in [0.05, 0.1) is 0 Å². The van der Waals surface area contributed by atoms with Crippen LogP contribution in [0.25, 0.3) is 0 Å². The average molecular weight is 295 g/mol. The Morgan fingerprint density at radius 2 is 1.62 bits per heavy atom. The second-order valence-corrected chi connectivity index (χ2v) is 7.89. The molecule has 1 N–H and O–H groups in total. The van der Waals surface area contributed by atoms with Crippen LogP contribution < -0.4 is 5.32 Å². The summed E-state index contributed by atoms with van der Waals surface area (Å²) < 4.78 is 0. The van der Waals surface area contributed by atoms with Gasteiger partial charge in [0.1, 0.15) is 0 Å². The van der Waals surface area contributed by atoms with Gasteiger partial charge in [-0.25, -0.2) is 0 Å². The molecule has 2 nitrogen and oxygen atoms in total. The molecule has 1 atom stereocenters. The van der Waals surface area contributed by atoms with Gasteiger partial charge in [0.2, 0.25) is 0 Å². The molecular weight excluding hydrogens is 256 g/mol. The largest absolute Gasteiger partial charge is 0.308 e. The Labute approximate surface area is 133 Å². The SMILES string of the molecule is CCCCCCCCN1CC(C)(CC)NCC12CCCC2. The molecule has 2 heteroatoms. The molecule has 124 valence electrons. The van der Waals surface area contributed by atoms with Gasteiger partial charge in [0.25, 0.3) is 0 Å². The third kappa shape index (κ3) is 4.45. The van der Waals surface area contributed by atoms with Crippen molar-refractivity contribution < 1.29 is 0 Å². The molecule has 0 radical (unpaired) electrons. The van der Waals surface area contributed by atoms with Gasteiger partial charge in [-0.05, 0) is 39.2 Å². The predicted molar refractivity (Wildman–Crippen MR) is 92.8 cm³/mol. The first-order valence-electron chi connectivity index (χ1n) is 9.64. The van der Waals surface area contributed by atoms with Crippen LogP contribution in [0.15, 0.2) is 0 Å². The van der Waals surface area contributed by atoms with E-state index in [4.69, 9.17) is 0 Å². The lowest BCUT2D eigenvalue weighted by atomic mass is 9.84. The lowest BCUT2D eigenvalue weighted by Crippen LogP contribution is -2.68. The maximum absolute atomic E-state index is 3.88. The Morgan fingerprint density at radius 1 is 0.952 bits per heavy atom. The zero-order valence-corrected chi connectivity index (χ0v) is 14.8. The van der Waals surface area contributed by atoms with E-state index in [1.165, 1.54) is 90.3 Å². The van der Waals surface area contributed by atoms with E-state index in [1.807, 2.05) is 0 Å². The first-order valence-corrected chi connectivity index (χ1v) is 9.64. The Morgan fingerprint density at radius 3 is 2.29 bits per heavy atom. The first-order chi connectivity index (χ1) is 10.1. The zero-order valence-electron chi connectivity index (χ0n) is 14.8. The third-order valence-electron chi connectivity index (χ3n) is 6.15. The standard InChI is InChI=1S/C19H38N2/c1-4-6-7-8-9-12-15-21-17-18(3,5-2)20-16-19(21)13-10-11-14-19/h20H,4-17H2,1-3H3. The van der Waals surface area contributed by atoms with Crippen LogP contribution in [0, 0.1) is 0 Å². The van der Waals surface area contributed by atoms with E-state index < -0.39 is 0 Å². The smallest absolute Gasteiger partial charge is 0.0334 e. The van der Waals surface area contributed by atoms with Crippen LogP contribution in [0.4, 0.5) is 0 Å². The predicted octanol–water partition coefficient (Wildman–Crippen LogP) is 4.73. The fraction of sp³-hybridized carbons (Fsp3) is 1.00. The molecule has 1 unspecified atom stereocenters. The van der Waals surface area contributed by atoms with E-state index in [0.717, 1.165) is 0 Å². The van der Waals surface area contributed by atoms with E-state index >= 15 is 0 Å². The lowest BCUT2D eigenvalue weighted by Gasteiger charge is -2.52. The second-order valence-electron chi connectivity index (χ2n) is 7.89. The molecule has 1 aliphatic carbocycles. The maximum atomic E-state index is 3.88. The monoisotopic (exact) mass is 294 g/mol. The van der Waals surface area contributed by atoms with Crippen LogP contribution in [-0.4, -0.2) is 35.6 Å². The van der Waals surface area contributed by atoms with Gasteiger partial charge >= 0.3 is 0 Å². The van der Waals surface area contributed by atoms with Crippen LogP contribution >= 0.6 is 0 Å². The molecule has 1 heterocycles. The van der Waals surface area contributed by atoms with Gasteiger partial charge in [-0.2, -0.15) is 0 Å². The number of hydrogen-bond donors (Lipinski definition) is 1. The summed E-state index contributed by atoms with van der Waals surface area (Å²) in [4.78, 5) is 2.89. The molecule has 2 rings (SSSR count). The van der Waals surface area contributed by atoms with Crippen LogP contribution in [-0.2, 0) is 0 Å². The van der Waals surface area contributed by atoms with Crippen molar-refractivity contribution >= 4 is 0 Å². The molecule has 0 aromatic carbocycles. The van der Waals surface area contributed by atoms with Gasteiger partial charge < -0.3 is 5.32 Å². The average Bonchev–Trinajstić information content (AvgIpc) is 2.96. The minimum atomic E-state index is 0.343. The van der Waals surface area contributed by atoms with Crippen molar-refractivity contribution in [2.75, 3.05) is 19.6 Å². The summed E-state index contributed by atoms with van der Waals surface area (Å²) in [5, 5.41) is 3.88. The summed E-state index contributed by atoms with van der Waals surface area (Å²) in [6, 6.07) is 0. The molecule has 1 saturated carbocycles. The molecule has 0 amide bonds. The van der Waals surface area contributed by atoms with Crippen molar-refractivity contribution in [2.24, 2.45) is 0 Å². The summed E-state index contributed by atoms with van der Waals surface area (Å²) in [5.41, 5.74) is 0.855. The number of nitrogens with one attached hydrogen (secondary N) is 1. The Kier molecular flexibility index (Phi) is 6.55. The van der Waals surface area contributed by atoms with Crippen molar-refractivity contribution in [1.29, 1.82) is 0 Å². The summed E-state index contributed by atoms with van der Waals surface area (Å²) in [6.07, 6.45) is 15.5. The normalized spacial score (nSPS) is 29.3. The third-order valence-corrected chi connectivity index (χ3v) is 6.15. The minimum Gasteiger partial charge on any atom is -0.308 e. The van der Waals surface area contributed by atoms with Crippen LogP contribution in [0.3, 0.4) is 0 Å². The molecule has 1 saturated heterocycles. The first kappa shape index (κ1) is 17.3. The van der Waals surface area contributed by atoms with Crippen molar-refractivity contribution in [2.45, 2.75) is 102 Å². The highest BCUT2D eigenvalue weighted by Crippen LogP contribution is 2.39. The molecule has 0 bridgehead atoms. The molecule has 0 aromatic heterocycles. The number of rotatable bonds is 8. The van der Waals surface area contributed by atoms with E-state index in [-0.39, 0.29) is 0 Å². The highest BCUT2D eigenvalue weighted by Gasteiger charge is 2.45. The molecule has 2 aliphatic rings. The van der Waals surface area contributed by atoms with E-state index in [2.05, 4.69) is 31.0 Å². The van der Waals surface area contributed by atoms with Crippen molar-refractivity contribution in [3.63, 3.8) is 0 Å². The highest BCUT2D eigenvalue weighted by molar-refractivity contribution is 5.05. The van der Waals surface area contributed by atoms with Gasteiger partial charge in [0, 0.05) is 24.2 Å². The molecule has 21 heavy (non-hydrogen) atoms. The number of hydrogen-bond acceptors (Lipinski definition) is 2. The number of unbranched alkanes of at least 4 members (excludes halogenated alkanes) is 5. The number of piperazine rings is 1. The van der Waals surface area contributed by atoms with Gasteiger partial charge in [-0.3, -0.25) is 4.90 Å². The van der Waals surface area contributed by atoms with Crippen LogP contribution in [0.2, 0.25) is 0 Å². The Hall–Kier alpha value is -0.0800. The molecule has 1 spiro atoms. The highest BCUT2D eigenvalue weighted by atomic mass is 15.3. The quantitative estimate of drug-likeness (QED) is 0.651. The second kappa shape index (κ2) is 7.97. The molecule has 2 fully saturated rings. The van der Waals surface area contributed by atoms with E-state index in [1.54, 1.807) is 0 Å². The maximum Gasteiger partial charge on any atom is 0.0334 e. The van der Waals surface area contributed by atoms with Gasteiger partial charge in [-0.15, -0.1) is 0 Å². The van der Waals surface area contributed by atoms with Gasteiger partial charge in [0.15, 0.2) is 0 Å². The Bertz CT molecular complexity index is 296. The molecule has 0 aromatic rings. The molecular formula is C19H38N2. The number of nitrogens with zero attached hydrogens (tertiary/aromatic N) is 1. The summed E-state index contributed by atoms with van der Waals surface area (Å²) >= 11 is 0. The zero-order chi connectivity index (χ0) is 15.2. The van der Waals surface area contributed by atoms with Crippen molar-refractivity contribution in [3.8, 4) is 0 Å². The van der Waals surface area contributed by atoms with Crippen molar-refractivity contribution in [3.05, 3.63) is 0 Å². The van der Waals surface area contributed by atoms with E-state index in [9.17, 15) is 0 Å². The van der Waals surface area contributed by atoms with Crippen LogP contribution in [0.5, 0.6) is 0 Å². The van der Waals surface area contributed by atoms with Crippen LogP contribution in [0.1, 0.15) is 91.4 Å². The minimum absolute atomic E-state index is 0.343. The Balaban J connectivity index is 1.82. The van der Waals surface area contributed by atoms with Gasteiger partial charge in [-0.1, -0.05) is 58.8 Å².